The van der Waals surface area contributed by atoms with Crippen molar-refractivity contribution in [2.45, 2.75) is 38.1 Å². The third-order valence-electron chi connectivity index (χ3n) is 4.49. The van der Waals surface area contributed by atoms with Crippen molar-refractivity contribution >= 4 is 0 Å². The molecule has 0 radical (unpaired) electrons. The minimum Gasteiger partial charge on any atom is -0.310 e. The summed E-state index contributed by atoms with van der Waals surface area (Å²) >= 11 is 0. The Labute approximate surface area is 121 Å². The second-order valence-corrected chi connectivity index (χ2v) is 5.81. The summed E-state index contributed by atoms with van der Waals surface area (Å²) in [6, 6.07) is 11.5. The van der Waals surface area contributed by atoms with E-state index in [1.54, 1.807) is 0 Å². The molecule has 3 heteroatoms. The van der Waals surface area contributed by atoms with Crippen LogP contribution in [0, 0.1) is 0 Å². The molecule has 106 valence electrons. The molecule has 1 aromatic carbocycles. The molecular formula is C17H23N3. The number of rotatable bonds is 4. The largest absolute Gasteiger partial charge is 0.310 e. The summed E-state index contributed by atoms with van der Waals surface area (Å²) in [5, 5.41) is 7.94. The second-order valence-electron chi connectivity index (χ2n) is 5.81. The van der Waals surface area contributed by atoms with Gasteiger partial charge in [-0.05, 0) is 36.0 Å². The first-order chi connectivity index (χ1) is 9.75. The van der Waals surface area contributed by atoms with Crippen LogP contribution in [0.5, 0.6) is 0 Å². The van der Waals surface area contributed by atoms with E-state index in [9.17, 15) is 0 Å². The maximum atomic E-state index is 4.22. The van der Waals surface area contributed by atoms with Crippen molar-refractivity contribution in [2.24, 2.45) is 7.05 Å². The van der Waals surface area contributed by atoms with Gasteiger partial charge in [0, 0.05) is 37.9 Å². The fourth-order valence-electron chi connectivity index (χ4n) is 3.24. The number of benzene rings is 1. The first-order valence-corrected chi connectivity index (χ1v) is 7.55. The van der Waals surface area contributed by atoms with Gasteiger partial charge >= 0.3 is 0 Å². The predicted octanol–water partition coefficient (Wildman–Crippen LogP) is 3.19. The first-order valence-electron chi connectivity index (χ1n) is 7.55. The lowest BCUT2D eigenvalue weighted by Crippen LogP contribution is -2.28. The Morgan fingerprint density at radius 1 is 1.20 bits per heavy atom. The molecule has 1 aliphatic carbocycles. The van der Waals surface area contributed by atoms with Crippen LogP contribution in [0.2, 0.25) is 0 Å². The van der Waals surface area contributed by atoms with Crippen LogP contribution < -0.4 is 5.32 Å². The summed E-state index contributed by atoms with van der Waals surface area (Å²) in [4.78, 5) is 0. The smallest absolute Gasteiger partial charge is 0.0492 e. The van der Waals surface area contributed by atoms with Crippen molar-refractivity contribution in [3.8, 4) is 0 Å². The van der Waals surface area contributed by atoms with Gasteiger partial charge in [0.25, 0.3) is 0 Å². The molecule has 1 heterocycles. The number of nitrogens with zero attached hydrogens (tertiary/aromatic N) is 2. The van der Waals surface area contributed by atoms with Crippen LogP contribution in [-0.2, 0) is 13.5 Å². The van der Waals surface area contributed by atoms with Gasteiger partial charge in [-0.3, -0.25) is 4.68 Å². The van der Waals surface area contributed by atoms with E-state index in [0.29, 0.717) is 12.0 Å². The van der Waals surface area contributed by atoms with E-state index < -0.39 is 0 Å². The number of aryl methyl sites for hydroxylation is 1. The lowest BCUT2D eigenvalue weighted by atomic mass is 9.81. The number of hydrogen-bond donors (Lipinski definition) is 1. The molecular weight excluding hydrogens is 246 g/mol. The molecule has 0 amide bonds. The van der Waals surface area contributed by atoms with Gasteiger partial charge in [0.05, 0.1) is 0 Å². The quantitative estimate of drug-likeness (QED) is 0.924. The van der Waals surface area contributed by atoms with Gasteiger partial charge < -0.3 is 5.32 Å². The first kappa shape index (κ1) is 13.4. The highest BCUT2D eigenvalue weighted by molar-refractivity contribution is 5.34. The Bertz CT molecular complexity index is 573. The van der Waals surface area contributed by atoms with Gasteiger partial charge in [-0.2, -0.15) is 5.10 Å². The summed E-state index contributed by atoms with van der Waals surface area (Å²) in [6.07, 6.45) is 5.42. The lowest BCUT2D eigenvalue weighted by Gasteiger charge is -2.30. The van der Waals surface area contributed by atoms with Crippen LogP contribution in [0.3, 0.4) is 0 Å². The van der Waals surface area contributed by atoms with Gasteiger partial charge in [0.2, 0.25) is 0 Å². The van der Waals surface area contributed by atoms with Crippen molar-refractivity contribution in [1.82, 2.24) is 15.1 Å². The Balaban J connectivity index is 1.64. The monoisotopic (exact) mass is 269 g/mol. The highest BCUT2D eigenvalue weighted by Gasteiger charge is 2.23. The average Bonchev–Trinajstić information content (AvgIpc) is 2.87. The Kier molecular flexibility index (Phi) is 3.88. The average molecular weight is 269 g/mol. The van der Waals surface area contributed by atoms with Crippen LogP contribution >= 0.6 is 0 Å². The van der Waals surface area contributed by atoms with Gasteiger partial charge in [-0.25, -0.2) is 0 Å². The summed E-state index contributed by atoms with van der Waals surface area (Å²) in [5.41, 5.74) is 4.31. The second kappa shape index (κ2) is 5.80. The highest BCUT2D eigenvalue weighted by Crippen LogP contribution is 2.36. The summed E-state index contributed by atoms with van der Waals surface area (Å²) in [7, 11) is 2.01. The van der Waals surface area contributed by atoms with Crippen LogP contribution in [-0.4, -0.2) is 16.3 Å². The van der Waals surface area contributed by atoms with Crippen LogP contribution in [0.15, 0.2) is 36.5 Å². The molecule has 0 bridgehead atoms. The zero-order valence-electron chi connectivity index (χ0n) is 12.3. The normalized spacial score (nSPS) is 21.7. The molecule has 20 heavy (non-hydrogen) atoms. The van der Waals surface area contributed by atoms with Crippen molar-refractivity contribution in [3.63, 3.8) is 0 Å². The van der Waals surface area contributed by atoms with Gasteiger partial charge in [0.15, 0.2) is 0 Å². The number of fused-ring (bicyclic) bond motifs is 1. The van der Waals surface area contributed by atoms with Crippen molar-refractivity contribution in [3.05, 3.63) is 53.3 Å². The van der Waals surface area contributed by atoms with E-state index in [-0.39, 0.29) is 0 Å². The molecule has 0 fully saturated rings. The van der Waals surface area contributed by atoms with Crippen LogP contribution in [0.25, 0.3) is 0 Å². The van der Waals surface area contributed by atoms with Crippen LogP contribution in [0.1, 0.15) is 48.5 Å². The maximum Gasteiger partial charge on any atom is 0.0492 e. The van der Waals surface area contributed by atoms with E-state index in [1.165, 1.54) is 29.7 Å². The zero-order chi connectivity index (χ0) is 13.9. The standard InChI is InChI=1S/C17H23N3/c1-13-7-8-17(16-6-4-3-5-15(13)16)18-11-9-14-10-12-19-20(14)2/h3-6,10,12-13,17-18H,7-9,11H2,1-2H3. The molecule has 2 unspecified atom stereocenters. The third kappa shape index (κ3) is 2.63. The molecule has 3 rings (SSSR count). The summed E-state index contributed by atoms with van der Waals surface area (Å²) < 4.78 is 1.96. The van der Waals surface area contributed by atoms with Crippen LogP contribution in [0.4, 0.5) is 0 Å². The minimum atomic E-state index is 0.510. The maximum absolute atomic E-state index is 4.22. The number of hydrogen-bond acceptors (Lipinski definition) is 2. The molecule has 0 saturated carbocycles. The van der Waals surface area contributed by atoms with E-state index >= 15 is 0 Å². The molecule has 2 atom stereocenters. The molecule has 1 N–H and O–H groups in total. The molecule has 2 aromatic rings. The van der Waals surface area contributed by atoms with Crippen molar-refractivity contribution in [2.75, 3.05) is 6.54 Å². The SMILES string of the molecule is CC1CCC(NCCc2ccnn2C)c2ccccc21. The Morgan fingerprint density at radius 3 is 2.75 bits per heavy atom. The topological polar surface area (TPSA) is 29.9 Å². The molecule has 0 spiro atoms. The van der Waals surface area contributed by atoms with Gasteiger partial charge in [0.1, 0.15) is 0 Å². The molecule has 1 aromatic heterocycles. The Morgan fingerprint density at radius 2 is 2.00 bits per heavy atom. The molecule has 0 saturated heterocycles. The van der Waals surface area contributed by atoms with E-state index in [1.807, 2.05) is 17.9 Å². The minimum absolute atomic E-state index is 0.510. The van der Waals surface area contributed by atoms with Crippen molar-refractivity contribution < 1.29 is 0 Å². The van der Waals surface area contributed by atoms with E-state index in [0.717, 1.165) is 13.0 Å². The highest BCUT2D eigenvalue weighted by atomic mass is 15.3. The third-order valence-corrected chi connectivity index (χ3v) is 4.49. The summed E-state index contributed by atoms with van der Waals surface area (Å²) in [5.74, 6) is 0.696. The van der Waals surface area contributed by atoms with Gasteiger partial charge in [-0.1, -0.05) is 31.2 Å². The van der Waals surface area contributed by atoms with Gasteiger partial charge in [-0.15, -0.1) is 0 Å². The van der Waals surface area contributed by atoms with Crippen molar-refractivity contribution in [1.29, 1.82) is 0 Å². The fraction of sp³-hybridized carbons (Fsp3) is 0.471. The molecule has 3 nitrogen and oxygen atoms in total. The van der Waals surface area contributed by atoms with E-state index in [2.05, 4.69) is 47.7 Å². The Hall–Kier alpha value is -1.61. The molecule has 0 aliphatic heterocycles. The fourth-order valence-corrected chi connectivity index (χ4v) is 3.24. The number of aromatic nitrogens is 2. The van der Waals surface area contributed by atoms with E-state index in [4.69, 9.17) is 0 Å². The predicted molar refractivity (Wildman–Crippen MR) is 81.7 cm³/mol. The summed E-state index contributed by atoms with van der Waals surface area (Å²) in [6.45, 7) is 3.34. The number of nitrogens with one attached hydrogen (secondary N) is 1. The zero-order valence-corrected chi connectivity index (χ0v) is 12.3. The lowest BCUT2D eigenvalue weighted by molar-refractivity contribution is 0.432. The molecule has 1 aliphatic rings.